The minimum absolute atomic E-state index is 0. The molecule has 0 amide bonds. The smallest absolute Gasteiger partial charge is 0.319 e. The lowest BCUT2D eigenvalue weighted by Gasteiger charge is -2.50. The summed E-state index contributed by atoms with van der Waals surface area (Å²) in [5.41, 5.74) is 7.56. The van der Waals surface area contributed by atoms with E-state index in [-0.39, 0.29) is 24.3 Å². The van der Waals surface area contributed by atoms with Gasteiger partial charge in [0.15, 0.2) is 5.72 Å². The Labute approximate surface area is 160 Å². The summed E-state index contributed by atoms with van der Waals surface area (Å²) in [5.74, 6) is -0.444. The highest BCUT2D eigenvalue weighted by Gasteiger charge is 2.47. The van der Waals surface area contributed by atoms with E-state index in [2.05, 4.69) is 4.90 Å². The maximum absolute atomic E-state index is 13.2. The van der Waals surface area contributed by atoms with Crippen LogP contribution in [0.3, 0.4) is 0 Å². The number of carbonyl (C=O) groups excluding carboxylic acids is 1. The molecule has 5 rings (SSSR count). The predicted octanol–water partition coefficient (Wildman–Crippen LogP) is 3.16. The van der Waals surface area contributed by atoms with Gasteiger partial charge in [0.1, 0.15) is 5.92 Å². The number of hydrogen-bond acceptors (Lipinski definition) is 4. The molecular formula is C21H25ClN2O2. The SMILES string of the molecule is Cl.NC1(OC(=O)C(c2ccccc2)c2ccccc2)CN2CCC1CC2. The van der Waals surface area contributed by atoms with E-state index in [0.29, 0.717) is 6.54 Å². The monoisotopic (exact) mass is 372 g/mol. The lowest BCUT2D eigenvalue weighted by molar-refractivity contribution is -0.182. The Morgan fingerprint density at radius 1 is 1.00 bits per heavy atom. The van der Waals surface area contributed by atoms with Gasteiger partial charge in [-0.2, -0.15) is 0 Å². The van der Waals surface area contributed by atoms with Crippen LogP contribution in [0.4, 0.5) is 0 Å². The Balaban J connectivity index is 0.00000196. The van der Waals surface area contributed by atoms with Crippen molar-refractivity contribution in [1.82, 2.24) is 4.90 Å². The summed E-state index contributed by atoms with van der Waals surface area (Å²) >= 11 is 0. The van der Waals surface area contributed by atoms with E-state index in [9.17, 15) is 4.79 Å². The third-order valence-electron chi connectivity index (χ3n) is 5.54. The third-order valence-corrected chi connectivity index (χ3v) is 5.54. The van der Waals surface area contributed by atoms with E-state index in [4.69, 9.17) is 10.5 Å². The van der Waals surface area contributed by atoms with Crippen molar-refractivity contribution in [3.8, 4) is 0 Å². The van der Waals surface area contributed by atoms with Gasteiger partial charge in [-0.25, -0.2) is 0 Å². The number of carbonyl (C=O) groups is 1. The molecule has 3 aliphatic heterocycles. The van der Waals surface area contributed by atoms with Gasteiger partial charge in [-0.05, 0) is 37.1 Å². The molecule has 0 aromatic heterocycles. The Morgan fingerprint density at radius 3 is 1.92 bits per heavy atom. The Kier molecular flexibility index (Phi) is 5.66. The van der Waals surface area contributed by atoms with Crippen LogP contribution in [0, 0.1) is 5.92 Å². The summed E-state index contributed by atoms with van der Waals surface area (Å²) in [4.78, 5) is 15.5. The summed E-state index contributed by atoms with van der Waals surface area (Å²) in [6.45, 7) is 2.75. The molecule has 2 N–H and O–H groups in total. The van der Waals surface area contributed by atoms with E-state index >= 15 is 0 Å². The summed E-state index contributed by atoms with van der Waals surface area (Å²) in [7, 11) is 0. The van der Waals surface area contributed by atoms with Crippen LogP contribution in [0.1, 0.15) is 29.9 Å². The second kappa shape index (κ2) is 7.78. The molecule has 1 unspecified atom stereocenters. The van der Waals surface area contributed by atoms with Crippen molar-refractivity contribution in [3.63, 3.8) is 0 Å². The van der Waals surface area contributed by atoms with Gasteiger partial charge < -0.3 is 4.74 Å². The van der Waals surface area contributed by atoms with Crippen molar-refractivity contribution in [2.45, 2.75) is 24.5 Å². The van der Waals surface area contributed by atoms with Gasteiger partial charge in [0.05, 0.1) is 6.54 Å². The second-order valence-corrected chi connectivity index (χ2v) is 7.18. The first-order valence-electron chi connectivity index (χ1n) is 9.00. The van der Waals surface area contributed by atoms with Crippen molar-refractivity contribution < 1.29 is 9.53 Å². The number of fused-ring (bicyclic) bond motifs is 3. The van der Waals surface area contributed by atoms with Gasteiger partial charge in [0.2, 0.25) is 0 Å². The fraction of sp³-hybridized carbons (Fsp3) is 0.381. The highest BCUT2D eigenvalue weighted by molar-refractivity contribution is 5.85. The van der Waals surface area contributed by atoms with Crippen molar-refractivity contribution in [2.24, 2.45) is 11.7 Å². The van der Waals surface area contributed by atoms with Crippen molar-refractivity contribution in [2.75, 3.05) is 19.6 Å². The zero-order valence-electron chi connectivity index (χ0n) is 14.7. The topological polar surface area (TPSA) is 55.6 Å². The molecule has 0 saturated carbocycles. The minimum atomic E-state index is -0.866. The van der Waals surface area contributed by atoms with E-state index < -0.39 is 11.6 Å². The quantitative estimate of drug-likeness (QED) is 0.661. The molecule has 5 heteroatoms. The summed E-state index contributed by atoms with van der Waals surface area (Å²) < 4.78 is 5.98. The van der Waals surface area contributed by atoms with Crippen LogP contribution in [0.25, 0.3) is 0 Å². The summed E-state index contributed by atoms with van der Waals surface area (Å²) in [5, 5.41) is 0. The number of nitrogens with two attached hydrogens (primary N) is 1. The number of benzene rings is 2. The van der Waals surface area contributed by atoms with Gasteiger partial charge in [0, 0.05) is 5.92 Å². The molecule has 0 spiro atoms. The molecule has 0 radical (unpaired) electrons. The molecule has 2 aromatic rings. The Bertz CT molecular complexity index is 693. The van der Waals surface area contributed by atoms with E-state index in [1.54, 1.807) is 0 Å². The van der Waals surface area contributed by atoms with Gasteiger partial charge in [-0.15, -0.1) is 12.4 Å². The maximum Gasteiger partial charge on any atom is 0.319 e. The van der Waals surface area contributed by atoms with E-state index in [1.807, 2.05) is 60.7 Å². The van der Waals surface area contributed by atoms with Crippen LogP contribution >= 0.6 is 12.4 Å². The zero-order valence-corrected chi connectivity index (χ0v) is 15.5. The van der Waals surface area contributed by atoms with Crippen molar-refractivity contribution in [1.29, 1.82) is 0 Å². The van der Waals surface area contributed by atoms with Gasteiger partial charge in [-0.1, -0.05) is 60.7 Å². The summed E-state index contributed by atoms with van der Waals surface area (Å²) in [6.07, 6.45) is 2.01. The fourth-order valence-electron chi connectivity index (χ4n) is 4.18. The number of piperidine rings is 3. The number of halogens is 1. The minimum Gasteiger partial charge on any atom is -0.442 e. The standard InChI is InChI=1S/C21H24N2O2.ClH/c22-21(15-23-13-11-18(21)12-14-23)25-20(24)19(16-7-3-1-4-8-16)17-9-5-2-6-10-17;/h1-10,18-19H,11-15,22H2;1H. The molecule has 3 saturated heterocycles. The van der Waals surface area contributed by atoms with Crippen LogP contribution < -0.4 is 5.73 Å². The summed E-state index contributed by atoms with van der Waals surface area (Å²) in [6, 6.07) is 19.6. The lowest BCUT2D eigenvalue weighted by atomic mass is 9.81. The van der Waals surface area contributed by atoms with E-state index in [1.165, 1.54) is 0 Å². The van der Waals surface area contributed by atoms with Crippen LogP contribution in [-0.2, 0) is 9.53 Å². The molecule has 4 nitrogen and oxygen atoms in total. The molecule has 3 fully saturated rings. The third kappa shape index (κ3) is 3.63. The van der Waals surface area contributed by atoms with Crippen LogP contribution in [0.5, 0.6) is 0 Å². The molecule has 26 heavy (non-hydrogen) atoms. The highest BCUT2D eigenvalue weighted by atomic mass is 35.5. The van der Waals surface area contributed by atoms with Crippen LogP contribution in [0.2, 0.25) is 0 Å². The number of hydrogen-bond donors (Lipinski definition) is 1. The molecule has 3 heterocycles. The van der Waals surface area contributed by atoms with Crippen molar-refractivity contribution >= 4 is 18.4 Å². The van der Waals surface area contributed by atoms with Gasteiger partial charge >= 0.3 is 5.97 Å². The molecule has 2 bridgehead atoms. The molecule has 3 aliphatic rings. The highest BCUT2D eigenvalue weighted by Crippen LogP contribution is 2.37. The first-order chi connectivity index (χ1) is 12.2. The Morgan fingerprint density at radius 2 is 1.50 bits per heavy atom. The predicted molar refractivity (Wildman–Crippen MR) is 104 cm³/mol. The number of esters is 1. The molecule has 0 aliphatic carbocycles. The first kappa shape index (κ1) is 18.9. The van der Waals surface area contributed by atoms with Gasteiger partial charge in [-0.3, -0.25) is 15.4 Å². The van der Waals surface area contributed by atoms with Gasteiger partial charge in [0.25, 0.3) is 0 Å². The van der Waals surface area contributed by atoms with E-state index in [0.717, 1.165) is 37.1 Å². The maximum atomic E-state index is 13.2. The van der Waals surface area contributed by atoms with Crippen LogP contribution in [-0.4, -0.2) is 36.2 Å². The number of ether oxygens (including phenoxy) is 1. The average molecular weight is 373 g/mol. The lowest BCUT2D eigenvalue weighted by Crippen LogP contribution is -2.66. The largest absolute Gasteiger partial charge is 0.442 e. The molecule has 1 atom stereocenters. The number of rotatable bonds is 4. The molecular weight excluding hydrogens is 348 g/mol. The fourth-order valence-corrected chi connectivity index (χ4v) is 4.18. The normalized spacial score (nSPS) is 27.0. The van der Waals surface area contributed by atoms with Crippen molar-refractivity contribution in [3.05, 3.63) is 71.8 Å². The van der Waals surface area contributed by atoms with Crippen LogP contribution in [0.15, 0.2) is 60.7 Å². The average Bonchev–Trinajstić information content (AvgIpc) is 2.64. The molecule has 2 aromatic carbocycles. The first-order valence-corrected chi connectivity index (χ1v) is 9.00. The second-order valence-electron chi connectivity index (χ2n) is 7.18. The molecule has 138 valence electrons. The Hall–Kier alpha value is -1.88. The number of nitrogens with zero attached hydrogens (tertiary/aromatic N) is 1. The zero-order chi connectivity index (χ0) is 17.3.